The number of nitrogens with one attached hydrogen (secondary N) is 1. The molecule has 3 rings (SSSR count). The summed E-state index contributed by atoms with van der Waals surface area (Å²) in [5, 5.41) is 7.89. The van der Waals surface area contributed by atoms with Crippen molar-refractivity contribution in [2.24, 2.45) is 0 Å². The van der Waals surface area contributed by atoms with Crippen LogP contribution in [0, 0.1) is 6.92 Å². The Bertz CT molecular complexity index is 527. The molecule has 17 heavy (non-hydrogen) atoms. The minimum Gasteiger partial charge on any atom is -0.338 e. The lowest BCUT2D eigenvalue weighted by molar-refractivity contribution is 0.667. The minimum atomic E-state index is 0.507. The smallest absolute Gasteiger partial charge is 0.245 e. The number of pyridine rings is 1. The third-order valence-corrected chi connectivity index (χ3v) is 3.44. The zero-order valence-corrected chi connectivity index (χ0v) is 10.2. The molecule has 0 aromatic carbocycles. The maximum Gasteiger partial charge on any atom is 0.245 e. The van der Waals surface area contributed by atoms with Crippen LogP contribution in [0.3, 0.4) is 0 Å². The van der Waals surface area contributed by atoms with Gasteiger partial charge in [-0.1, -0.05) is 6.07 Å². The van der Waals surface area contributed by atoms with Crippen LogP contribution in [0.1, 0.15) is 12.0 Å². The second-order valence-electron chi connectivity index (χ2n) is 4.63. The lowest BCUT2D eigenvalue weighted by Crippen LogP contribution is -2.34. The molecule has 1 aliphatic heterocycles. The number of likely N-dealkylation sites (N-methyl/N-ethyl adjacent to an activating group) is 1. The molecule has 1 unspecified atom stereocenters. The molecule has 0 amide bonds. The third-order valence-electron chi connectivity index (χ3n) is 3.44. The molecule has 1 saturated heterocycles. The van der Waals surface area contributed by atoms with Gasteiger partial charge < -0.3 is 10.2 Å². The summed E-state index contributed by atoms with van der Waals surface area (Å²) in [6.45, 7) is 4.16. The Morgan fingerprint density at radius 1 is 1.53 bits per heavy atom. The maximum atomic E-state index is 4.61. The van der Waals surface area contributed by atoms with Gasteiger partial charge in [0.1, 0.15) is 0 Å². The molecule has 0 bridgehead atoms. The van der Waals surface area contributed by atoms with E-state index in [4.69, 9.17) is 0 Å². The van der Waals surface area contributed by atoms with Crippen LogP contribution in [0.15, 0.2) is 18.3 Å². The Kier molecular flexibility index (Phi) is 2.48. The summed E-state index contributed by atoms with van der Waals surface area (Å²) in [5.41, 5.74) is 2.10. The Morgan fingerprint density at radius 3 is 3.12 bits per heavy atom. The number of anilines is 1. The summed E-state index contributed by atoms with van der Waals surface area (Å²) in [6, 6.07) is 4.57. The molecule has 1 aliphatic rings. The fourth-order valence-electron chi connectivity index (χ4n) is 2.31. The molecule has 5 heteroatoms. The molecular formula is C12H17N5. The number of hydrogen-bond acceptors (Lipinski definition) is 4. The van der Waals surface area contributed by atoms with Crippen molar-refractivity contribution >= 4 is 11.6 Å². The van der Waals surface area contributed by atoms with E-state index in [-0.39, 0.29) is 0 Å². The van der Waals surface area contributed by atoms with Gasteiger partial charge in [0.05, 0.1) is 0 Å². The summed E-state index contributed by atoms with van der Waals surface area (Å²) in [6.07, 6.45) is 3.10. The molecule has 0 spiro atoms. The first-order valence-electron chi connectivity index (χ1n) is 6.01. The minimum absolute atomic E-state index is 0.507. The zero-order valence-electron chi connectivity index (χ0n) is 10.2. The van der Waals surface area contributed by atoms with Gasteiger partial charge in [-0.25, -0.2) is 4.52 Å². The van der Waals surface area contributed by atoms with Gasteiger partial charge in [0.15, 0.2) is 5.65 Å². The van der Waals surface area contributed by atoms with Crippen molar-refractivity contribution in [3.63, 3.8) is 0 Å². The van der Waals surface area contributed by atoms with Gasteiger partial charge in [-0.2, -0.15) is 4.98 Å². The van der Waals surface area contributed by atoms with Crippen LogP contribution in [0.4, 0.5) is 5.95 Å². The molecule has 1 atom stereocenters. The number of hydrogen-bond donors (Lipinski definition) is 1. The number of aromatic nitrogens is 3. The first kappa shape index (κ1) is 10.5. The lowest BCUT2D eigenvalue weighted by Gasteiger charge is -2.21. The molecule has 0 radical (unpaired) electrons. The van der Waals surface area contributed by atoms with Gasteiger partial charge in [0, 0.05) is 25.8 Å². The number of aryl methyl sites for hydroxylation is 1. The second-order valence-corrected chi connectivity index (χ2v) is 4.63. The van der Waals surface area contributed by atoms with E-state index in [9.17, 15) is 0 Å². The summed E-state index contributed by atoms with van der Waals surface area (Å²) in [7, 11) is 2.07. The molecular weight excluding hydrogens is 214 g/mol. The van der Waals surface area contributed by atoms with Crippen molar-refractivity contribution in [3.8, 4) is 0 Å². The van der Waals surface area contributed by atoms with Crippen LogP contribution in [-0.4, -0.2) is 40.8 Å². The number of fused-ring (bicyclic) bond motifs is 1. The highest BCUT2D eigenvalue weighted by Crippen LogP contribution is 2.16. The summed E-state index contributed by atoms with van der Waals surface area (Å²) in [5.74, 6) is 0.813. The number of rotatable bonds is 2. The van der Waals surface area contributed by atoms with Crippen molar-refractivity contribution in [1.29, 1.82) is 0 Å². The van der Waals surface area contributed by atoms with E-state index in [0.717, 1.165) is 36.7 Å². The molecule has 2 aromatic rings. The van der Waals surface area contributed by atoms with Crippen molar-refractivity contribution in [2.75, 3.05) is 25.0 Å². The van der Waals surface area contributed by atoms with Gasteiger partial charge in [-0.15, -0.1) is 5.10 Å². The average Bonchev–Trinajstić information content (AvgIpc) is 2.98. The van der Waals surface area contributed by atoms with Gasteiger partial charge >= 0.3 is 0 Å². The van der Waals surface area contributed by atoms with E-state index < -0.39 is 0 Å². The van der Waals surface area contributed by atoms with E-state index in [1.807, 2.05) is 16.8 Å². The molecule has 0 aliphatic carbocycles. The normalized spacial score (nSPS) is 20.0. The second kappa shape index (κ2) is 4.00. The summed E-state index contributed by atoms with van der Waals surface area (Å²) >= 11 is 0. The van der Waals surface area contributed by atoms with E-state index in [1.165, 1.54) is 0 Å². The van der Waals surface area contributed by atoms with E-state index in [2.05, 4.69) is 40.3 Å². The van der Waals surface area contributed by atoms with Crippen LogP contribution < -0.4 is 10.2 Å². The first-order valence-corrected chi connectivity index (χ1v) is 6.01. The van der Waals surface area contributed by atoms with Gasteiger partial charge in [0.2, 0.25) is 5.95 Å². The largest absolute Gasteiger partial charge is 0.338 e. The third kappa shape index (κ3) is 1.76. The fourth-order valence-corrected chi connectivity index (χ4v) is 2.31. The van der Waals surface area contributed by atoms with E-state index >= 15 is 0 Å². The van der Waals surface area contributed by atoms with Crippen molar-refractivity contribution in [2.45, 2.75) is 19.4 Å². The van der Waals surface area contributed by atoms with Crippen molar-refractivity contribution in [1.82, 2.24) is 19.9 Å². The lowest BCUT2D eigenvalue weighted by atomic mass is 10.2. The predicted molar refractivity (Wildman–Crippen MR) is 67.4 cm³/mol. The zero-order chi connectivity index (χ0) is 11.8. The average molecular weight is 231 g/mol. The molecule has 5 nitrogen and oxygen atoms in total. The Morgan fingerprint density at radius 2 is 2.41 bits per heavy atom. The van der Waals surface area contributed by atoms with Crippen molar-refractivity contribution < 1.29 is 0 Å². The van der Waals surface area contributed by atoms with Crippen LogP contribution in [0.25, 0.3) is 5.65 Å². The highest BCUT2D eigenvalue weighted by atomic mass is 15.4. The molecule has 1 N–H and O–H groups in total. The van der Waals surface area contributed by atoms with Gasteiger partial charge in [0.25, 0.3) is 0 Å². The van der Waals surface area contributed by atoms with Crippen molar-refractivity contribution in [3.05, 3.63) is 23.9 Å². The van der Waals surface area contributed by atoms with Crippen LogP contribution in [0.5, 0.6) is 0 Å². The van der Waals surface area contributed by atoms with Crippen LogP contribution in [-0.2, 0) is 0 Å². The Hall–Kier alpha value is -1.62. The monoisotopic (exact) mass is 231 g/mol. The fraction of sp³-hybridized carbons (Fsp3) is 0.500. The molecule has 90 valence electrons. The van der Waals surface area contributed by atoms with Crippen LogP contribution >= 0.6 is 0 Å². The topological polar surface area (TPSA) is 45.5 Å². The number of nitrogens with zero attached hydrogens (tertiary/aromatic N) is 4. The van der Waals surface area contributed by atoms with Crippen LogP contribution in [0.2, 0.25) is 0 Å². The summed E-state index contributed by atoms with van der Waals surface area (Å²) in [4.78, 5) is 6.78. The first-order chi connectivity index (χ1) is 8.25. The van der Waals surface area contributed by atoms with Gasteiger partial charge in [-0.3, -0.25) is 0 Å². The highest BCUT2D eigenvalue weighted by Gasteiger charge is 2.22. The Labute approximate surface area is 100 Å². The Balaban J connectivity index is 1.97. The van der Waals surface area contributed by atoms with E-state index in [0.29, 0.717) is 6.04 Å². The van der Waals surface area contributed by atoms with Gasteiger partial charge in [-0.05, 0) is 31.5 Å². The SMILES string of the molecule is Cc1cccn2nc(N(C)C3CCNC3)nc12. The molecule has 2 aromatic heterocycles. The predicted octanol–water partition coefficient (Wildman–Crippen LogP) is 0.836. The molecule has 3 heterocycles. The summed E-state index contributed by atoms with van der Waals surface area (Å²) < 4.78 is 1.85. The quantitative estimate of drug-likeness (QED) is 0.832. The molecule has 1 fully saturated rings. The standard InChI is InChI=1S/C12H17N5/c1-9-4-3-7-17-11(9)14-12(15-17)16(2)10-5-6-13-8-10/h3-4,7,10,13H,5-6,8H2,1-2H3. The maximum absolute atomic E-state index is 4.61. The highest BCUT2D eigenvalue weighted by molar-refractivity contribution is 5.50. The molecule has 0 saturated carbocycles. The van der Waals surface area contributed by atoms with E-state index in [1.54, 1.807) is 0 Å².